The number of thioether (sulfide) groups is 1. The van der Waals surface area contributed by atoms with Gasteiger partial charge in [-0.3, -0.25) is 9.78 Å². The molecule has 1 amide bonds. The zero-order valence-corrected chi connectivity index (χ0v) is 17.3. The first kappa shape index (κ1) is 19.8. The van der Waals surface area contributed by atoms with Gasteiger partial charge in [0.1, 0.15) is 0 Å². The maximum atomic E-state index is 12.6. The van der Waals surface area contributed by atoms with Crippen LogP contribution >= 0.6 is 11.8 Å². The molecule has 0 saturated carbocycles. The van der Waals surface area contributed by atoms with Gasteiger partial charge in [-0.05, 0) is 35.7 Å². The lowest BCUT2D eigenvalue weighted by molar-refractivity contribution is -0.113. The lowest BCUT2D eigenvalue weighted by atomic mass is 10.0. The van der Waals surface area contributed by atoms with E-state index in [0.717, 1.165) is 29.1 Å². The zero-order valence-electron chi connectivity index (χ0n) is 16.5. The predicted octanol–water partition coefficient (Wildman–Crippen LogP) is 4.20. The van der Waals surface area contributed by atoms with Gasteiger partial charge < -0.3 is 9.88 Å². The molecule has 0 fully saturated rings. The zero-order chi connectivity index (χ0) is 20.8. The van der Waals surface area contributed by atoms with Crippen molar-refractivity contribution in [3.63, 3.8) is 0 Å². The number of nitrogens with one attached hydrogen (secondary N) is 1. The molecule has 1 N–H and O–H groups in total. The highest BCUT2D eigenvalue weighted by atomic mass is 32.2. The highest BCUT2D eigenvalue weighted by Gasteiger charge is 2.14. The second-order valence-electron chi connectivity index (χ2n) is 6.76. The summed E-state index contributed by atoms with van der Waals surface area (Å²) in [5.74, 6) is 0.921. The van der Waals surface area contributed by atoms with Crippen molar-refractivity contribution in [1.29, 1.82) is 0 Å². The van der Waals surface area contributed by atoms with Gasteiger partial charge in [0, 0.05) is 30.7 Å². The first-order valence-corrected chi connectivity index (χ1v) is 10.5. The number of carbonyl (C=O) groups is 1. The lowest BCUT2D eigenvalue weighted by Crippen LogP contribution is -2.15. The fraction of sp³-hybridized carbons (Fsp3) is 0.130. The monoisotopic (exact) mass is 415 g/mol. The van der Waals surface area contributed by atoms with E-state index < -0.39 is 0 Å². The van der Waals surface area contributed by atoms with Crippen LogP contribution in [0.2, 0.25) is 0 Å². The molecule has 0 aliphatic heterocycles. The van der Waals surface area contributed by atoms with Crippen LogP contribution in [0.25, 0.3) is 11.4 Å². The number of pyridine rings is 1. The summed E-state index contributed by atoms with van der Waals surface area (Å²) in [5.41, 5.74) is 4.06. The van der Waals surface area contributed by atoms with E-state index in [1.54, 1.807) is 12.4 Å². The Morgan fingerprint density at radius 1 is 0.967 bits per heavy atom. The Balaban J connectivity index is 1.40. The van der Waals surface area contributed by atoms with Gasteiger partial charge in [-0.1, -0.05) is 60.3 Å². The molecule has 150 valence electrons. The SMILES string of the molecule is Cn1c(SCC(=O)Nc2ccccc2Cc2ccccc2)nnc1-c1ccncc1. The molecule has 2 aromatic heterocycles. The maximum Gasteiger partial charge on any atom is 0.234 e. The van der Waals surface area contributed by atoms with Gasteiger partial charge in [0.05, 0.1) is 5.75 Å². The van der Waals surface area contributed by atoms with Gasteiger partial charge in [0.2, 0.25) is 5.91 Å². The molecule has 0 atom stereocenters. The number of para-hydroxylation sites is 1. The van der Waals surface area contributed by atoms with Crippen LogP contribution in [0.4, 0.5) is 5.69 Å². The molecular weight excluding hydrogens is 394 g/mol. The fourth-order valence-electron chi connectivity index (χ4n) is 3.12. The van der Waals surface area contributed by atoms with E-state index in [9.17, 15) is 4.79 Å². The summed E-state index contributed by atoms with van der Waals surface area (Å²) in [7, 11) is 1.89. The van der Waals surface area contributed by atoms with E-state index in [1.165, 1.54) is 17.3 Å². The first-order valence-electron chi connectivity index (χ1n) is 9.55. The van der Waals surface area contributed by atoms with Crippen LogP contribution in [0.1, 0.15) is 11.1 Å². The predicted molar refractivity (Wildman–Crippen MR) is 119 cm³/mol. The van der Waals surface area contributed by atoms with Gasteiger partial charge in [-0.2, -0.15) is 0 Å². The number of anilines is 1. The number of nitrogens with zero attached hydrogens (tertiary/aromatic N) is 4. The summed E-state index contributed by atoms with van der Waals surface area (Å²) in [6.07, 6.45) is 4.21. The molecule has 4 aromatic rings. The minimum absolute atomic E-state index is 0.0750. The van der Waals surface area contributed by atoms with Crippen LogP contribution < -0.4 is 5.32 Å². The Bertz CT molecular complexity index is 1130. The van der Waals surface area contributed by atoms with Gasteiger partial charge in [-0.25, -0.2) is 0 Å². The van der Waals surface area contributed by atoms with E-state index in [4.69, 9.17) is 0 Å². The Hall–Kier alpha value is -3.45. The summed E-state index contributed by atoms with van der Waals surface area (Å²) in [4.78, 5) is 16.6. The molecule has 0 radical (unpaired) electrons. The summed E-state index contributed by atoms with van der Waals surface area (Å²) in [5, 5.41) is 12.2. The second kappa shape index (κ2) is 9.37. The third kappa shape index (κ3) is 4.75. The summed E-state index contributed by atoms with van der Waals surface area (Å²) in [6, 6.07) is 21.9. The van der Waals surface area contributed by atoms with Crippen LogP contribution in [0.5, 0.6) is 0 Å². The molecule has 30 heavy (non-hydrogen) atoms. The van der Waals surface area contributed by atoms with Crippen molar-refractivity contribution >= 4 is 23.4 Å². The number of hydrogen-bond donors (Lipinski definition) is 1. The Kier molecular flexibility index (Phi) is 6.20. The molecule has 2 aromatic carbocycles. The lowest BCUT2D eigenvalue weighted by Gasteiger charge is -2.11. The van der Waals surface area contributed by atoms with Crippen molar-refractivity contribution < 1.29 is 4.79 Å². The summed E-state index contributed by atoms with van der Waals surface area (Å²) < 4.78 is 1.89. The van der Waals surface area contributed by atoms with E-state index in [2.05, 4.69) is 32.6 Å². The average Bonchev–Trinajstić information content (AvgIpc) is 3.15. The third-order valence-electron chi connectivity index (χ3n) is 4.63. The summed E-state index contributed by atoms with van der Waals surface area (Å²) in [6.45, 7) is 0. The normalized spacial score (nSPS) is 10.7. The smallest absolute Gasteiger partial charge is 0.234 e. The third-order valence-corrected chi connectivity index (χ3v) is 5.65. The number of carbonyl (C=O) groups excluding carboxylic acids is 1. The van der Waals surface area contributed by atoms with E-state index in [0.29, 0.717) is 5.16 Å². The molecule has 0 saturated heterocycles. The second-order valence-corrected chi connectivity index (χ2v) is 7.70. The number of benzene rings is 2. The van der Waals surface area contributed by atoms with E-state index in [1.807, 2.05) is 66.2 Å². The van der Waals surface area contributed by atoms with Crippen LogP contribution in [0.3, 0.4) is 0 Å². The number of rotatable bonds is 7. The maximum absolute atomic E-state index is 12.6. The highest BCUT2D eigenvalue weighted by molar-refractivity contribution is 7.99. The molecule has 0 spiro atoms. The van der Waals surface area contributed by atoms with Crippen molar-refractivity contribution in [2.75, 3.05) is 11.1 Å². The minimum Gasteiger partial charge on any atom is -0.325 e. The number of aromatic nitrogens is 4. The van der Waals surface area contributed by atoms with Crippen molar-refractivity contribution in [1.82, 2.24) is 19.7 Å². The van der Waals surface area contributed by atoms with E-state index >= 15 is 0 Å². The Labute approximate surface area is 179 Å². The molecule has 0 aliphatic rings. The Morgan fingerprint density at radius 3 is 2.50 bits per heavy atom. The van der Waals surface area contributed by atoms with Crippen LogP contribution in [-0.4, -0.2) is 31.4 Å². The van der Waals surface area contributed by atoms with Gasteiger partial charge in [-0.15, -0.1) is 10.2 Å². The summed E-state index contributed by atoms with van der Waals surface area (Å²) >= 11 is 1.36. The average molecular weight is 416 g/mol. The van der Waals surface area contributed by atoms with Crippen molar-refractivity contribution in [2.45, 2.75) is 11.6 Å². The van der Waals surface area contributed by atoms with E-state index in [-0.39, 0.29) is 11.7 Å². The Morgan fingerprint density at radius 2 is 1.70 bits per heavy atom. The van der Waals surface area contributed by atoms with Gasteiger partial charge in [0.15, 0.2) is 11.0 Å². The molecule has 7 heteroatoms. The molecule has 2 heterocycles. The molecule has 0 bridgehead atoms. The molecular formula is C23H21N5OS. The van der Waals surface area contributed by atoms with Gasteiger partial charge in [0.25, 0.3) is 0 Å². The molecule has 0 unspecified atom stereocenters. The highest BCUT2D eigenvalue weighted by Crippen LogP contribution is 2.23. The van der Waals surface area contributed by atoms with Crippen LogP contribution in [-0.2, 0) is 18.3 Å². The van der Waals surface area contributed by atoms with Crippen molar-refractivity contribution in [3.05, 3.63) is 90.3 Å². The molecule has 4 rings (SSSR count). The minimum atomic E-state index is -0.0750. The topological polar surface area (TPSA) is 72.7 Å². The quantitative estimate of drug-likeness (QED) is 0.458. The number of amides is 1. The van der Waals surface area contributed by atoms with Crippen molar-refractivity contribution in [2.24, 2.45) is 7.05 Å². The molecule has 6 nitrogen and oxygen atoms in total. The largest absolute Gasteiger partial charge is 0.325 e. The van der Waals surface area contributed by atoms with Crippen molar-refractivity contribution in [3.8, 4) is 11.4 Å². The first-order chi connectivity index (χ1) is 14.7. The van der Waals surface area contributed by atoms with Gasteiger partial charge >= 0.3 is 0 Å². The number of hydrogen-bond acceptors (Lipinski definition) is 5. The fourth-order valence-corrected chi connectivity index (χ4v) is 3.83. The van der Waals surface area contributed by atoms with Crippen LogP contribution in [0, 0.1) is 0 Å². The molecule has 0 aliphatic carbocycles. The van der Waals surface area contributed by atoms with Crippen LogP contribution in [0.15, 0.2) is 84.3 Å². The standard InChI is InChI=1S/C23H21N5OS/c1-28-22(18-11-13-24-14-12-18)26-27-23(28)30-16-21(29)25-20-10-6-5-9-19(20)15-17-7-3-2-4-8-17/h2-14H,15-16H2,1H3,(H,25,29).